The number of sulfonamides is 1. The van der Waals surface area contributed by atoms with Crippen LogP contribution in [0, 0.1) is 0 Å². The quantitative estimate of drug-likeness (QED) is 0.753. The van der Waals surface area contributed by atoms with Gasteiger partial charge >= 0.3 is 0 Å². The van der Waals surface area contributed by atoms with Gasteiger partial charge in [0.15, 0.2) is 0 Å². The van der Waals surface area contributed by atoms with Crippen LogP contribution in [-0.4, -0.2) is 31.9 Å². The molecule has 2 rings (SSSR count). The highest BCUT2D eigenvalue weighted by atomic mass is 79.9. The average Bonchev–Trinajstić information content (AvgIpc) is 2.97. The molecule has 1 heterocycles. The molecule has 0 fully saturated rings. The summed E-state index contributed by atoms with van der Waals surface area (Å²) < 4.78 is 34.7. The van der Waals surface area contributed by atoms with E-state index < -0.39 is 10.0 Å². The summed E-state index contributed by atoms with van der Waals surface area (Å²) in [6.45, 7) is 0.989. The van der Waals surface area contributed by atoms with Crippen LogP contribution >= 0.6 is 15.9 Å². The van der Waals surface area contributed by atoms with Crippen LogP contribution in [0.1, 0.15) is 6.42 Å². The summed E-state index contributed by atoms with van der Waals surface area (Å²) in [4.78, 5) is 0.124. The van der Waals surface area contributed by atoms with Gasteiger partial charge < -0.3 is 4.74 Å². The molecule has 21 heavy (non-hydrogen) atoms. The number of ether oxygens (including phenoxy) is 1. The van der Waals surface area contributed by atoms with E-state index in [2.05, 4.69) is 25.8 Å². The molecule has 1 N–H and O–H groups in total. The Kier molecular flexibility index (Phi) is 5.38. The number of benzene rings is 1. The first-order chi connectivity index (χ1) is 10.0. The second-order valence-corrected chi connectivity index (χ2v) is 6.97. The van der Waals surface area contributed by atoms with Gasteiger partial charge in [-0.1, -0.05) is 15.9 Å². The fourth-order valence-electron chi connectivity index (χ4n) is 1.82. The summed E-state index contributed by atoms with van der Waals surface area (Å²) in [5.41, 5.74) is 0. The van der Waals surface area contributed by atoms with Crippen LogP contribution in [0.2, 0.25) is 0 Å². The molecular weight excluding hydrogens is 358 g/mol. The minimum absolute atomic E-state index is 0.124. The molecule has 1 aromatic carbocycles. The predicted octanol–water partition coefficient (Wildman–Crippen LogP) is 2.02. The van der Waals surface area contributed by atoms with E-state index in [0.29, 0.717) is 29.7 Å². The number of hydrogen-bond donors (Lipinski definition) is 1. The van der Waals surface area contributed by atoms with Gasteiger partial charge in [0.1, 0.15) is 10.6 Å². The Balaban J connectivity index is 1.99. The summed E-state index contributed by atoms with van der Waals surface area (Å²) in [6, 6.07) is 6.70. The van der Waals surface area contributed by atoms with Crippen LogP contribution in [0.15, 0.2) is 46.0 Å². The zero-order valence-electron chi connectivity index (χ0n) is 11.5. The minimum atomic E-state index is -3.60. The standard InChI is InChI=1S/C13H16BrN3O3S/c1-20-12-5-4-11(14)10-13(12)21(18,19)16-7-3-9-17-8-2-6-15-17/h2,4-6,8,10,16H,3,7,9H2,1H3. The van der Waals surface area contributed by atoms with Crippen LogP contribution in [0.4, 0.5) is 0 Å². The van der Waals surface area contributed by atoms with Crippen LogP contribution in [0.5, 0.6) is 5.75 Å². The van der Waals surface area contributed by atoms with Crippen molar-refractivity contribution in [2.24, 2.45) is 0 Å². The Hall–Kier alpha value is -1.38. The number of nitrogens with zero attached hydrogens (tertiary/aromatic N) is 2. The lowest BCUT2D eigenvalue weighted by molar-refractivity contribution is 0.402. The van der Waals surface area contributed by atoms with Crippen molar-refractivity contribution in [3.63, 3.8) is 0 Å². The second-order valence-electron chi connectivity index (χ2n) is 4.32. The third kappa shape index (κ3) is 4.29. The van der Waals surface area contributed by atoms with E-state index in [0.717, 1.165) is 0 Å². The molecule has 0 amide bonds. The molecule has 0 aliphatic heterocycles. The van der Waals surface area contributed by atoms with Gasteiger partial charge in [0.25, 0.3) is 0 Å². The van der Waals surface area contributed by atoms with Crippen LogP contribution in [0.3, 0.4) is 0 Å². The Bertz CT molecular complexity index is 687. The number of hydrogen-bond acceptors (Lipinski definition) is 4. The zero-order valence-corrected chi connectivity index (χ0v) is 13.9. The molecule has 0 saturated heterocycles. The molecule has 0 atom stereocenters. The van der Waals surface area contributed by atoms with Crippen molar-refractivity contribution in [2.45, 2.75) is 17.9 Å². The molecule has 0 saturated carbocycles. The summed E-state index contributed by atoms with van der Waals surface area (Å²) >= 11 is 3.27. The molecule has 6 nitrogen and oxygen atoms in total. The Morgan fingerprint density at radius 2 is 2.24 bits per heavy atom. The first-order valence-corrected chi connectivity index (χ1v) is 8.61. The SMILES string of the molecule is COc1ccc(Br)cc1S(=O)(=O)NCCCn1cccn1. The molecule has 0 bridgehead atoms. The van der Waals surface area contributed by atoms with E-state index >= 15 is 0 Å². The van der Waals surface area contributed by atoms with Crippen molar-refractivity contribution in [3.05, 3.63) is 41.1 Å². The Morgan fingerprint density at radius 1 is 1.43 bits per heavy atom. The van der Waals surface area contributed by atoms with E-state index in [9.17, 15) is 8.42 Å². The Labute approximate surface area is 132 Å². The summed E-state index contributed by atoms with van der Waals surface area (Å²) in [5.74, 6) is 0.317. The van der Waals surface area contributed by atoms with Crippen molar-refractivity contribution in [1.29, 1.82) is 0 Å². The third-order valence-corrected chi connectivity index (χ3v) is 4.81. The van der Waals surface area contributed by atoms with Crippen molar-refractivity contribution < 1.29 is 13.2 Å². The normalized spacial score (nSPS) is 11.5. The summed E-state index contributed by atoms with van der Waals surface area (Å²) in [6.07, 6.45) is 4.18. The van der Waals surface area contributed by atoms with Crippen molar-refractivity contribution >= 4 is 26.0 Å². The molecule has 114 valence electrons. The number of aromatic nitrogens is 2. The molecule has 0 aliphatic rings. The molecule has 0 aliphatic carbocycles. The second kappa shape index (κ2) is 7.06. The van der Waals surface area contributed by atoms with Gasteiger partial charge in [0.2, 0.25) is 10.0 Å². The fourth-order valence-corrected chi connectivity index (χ4v) is 3.60. The average molecular weight is 374 g/mol. The van der Waals surface area contributed by atoms with Gasteiger partial charge in [0, 0.05) is 30.0 Å². The fraction of sp³-hybridized carbons (Fsp3) is 0.308. The number of halogens is 1. The topological polar surface area (TPSA) is 73.2 Å². The molecule has 0 unspecified atom stereocenters. The van der Waals surface area contributed by atoms with E-state index in [1.165, 1.54) is 13.2 Å². The van der Waals surface area contributed by atoms with Crippen molar-refractivity contribution in [1.82, 2.24) is 14.5 Å². The molecular formula is C13H16BrN3O3S. The van der Waals surface area contributed by atoms with Gasteiger partial charge in [-0.05, 0) is 30.7 Å². The van der Waals surface area contributed by atoms with Crippen molar-refractivity contribution in [2.75, 3.05) is 13.7 Å². The minimum Gasteiger partial charge on any atom is -0.495 e. The lowest BCUT2D eigenvalue weighted by Crippen LogP contribution is -2.26. The third-order valence-electron chi connectivity index (χ3n) is 2.83. The highest BCUT2D eigenvalue weighted by Gasteiger charge is 2.19. The number of nitrogens with one attached hydrogen (secondary N) is 1. The first kappa shape index (κ1) is 16.0. The molecule has 0 spiro atoms. The van der Waals surface area contributed by atoms with Crippen LogP contribution in [-0.2, 0) is 16.6 Å². The van der Waals surface area contributed by atoms with E-state index in [1.54, 1.807) is 23.0 Å². The summed E-state index contributed by atoms with van der Waals surface area (Å²) in [7, 11) is -2.16. The number of rotatable bonds is 7. The van der Waals surface area contributed by atoms with Gasteiger partial charge in [-0.3, -0.25) is 4.68 Å². The molecule has 1 aromatic heterocycles. The number of methoxy groups -OCH3 is 1. The van der Waals surface area contributed by atoms with E-state index in [1.807, 2.05) is 12.3 Å². The highest BCUT2D eigenvalue weighted by Crippen LogP contribution is 2.26. The van der Waals surface area contributed by atoms with Gasteiger partial charge in [-0.25, -0.2) is 13.1 Å². The van der Waals surface area contributed by atoms with Gasteiger partial charge in [0.05, 0.1) is 7.11 Å². The monoisotopic (exact) mass is 373 g/mol. The van der Waals surface area contributed by atoms with Crippen LogP contribution in [0.25, 0.3) is 0 Å². The summed E-state index contributed by atoms with van der Waals surface area (Å²) in [5, 5.41) is 4.06. The Morgan fingerprint density at radius 3 is 2.90 bits per heavy atom. The molecule has 8 heteroatoms. The largest absolute Gasteiger partial charge is 0.495 e. The maximum Gasteiger partial charge on any atom is 0.244 e. The maximum absolute atomic E-state index is 12.3. The first-order valence-electron chi connectivity index (χ1n) is 6.33. The molecule has 2 aromatic rings. The van der Waals surface area contributed by atoms with Gasteiger partial charge in [-0.15, -0.1) is 0 Å². The number of aryl methyl sites for hydroxylation is 1. The zero-order chi connectivity index (χ0) is 15.3. The predicted molar refractivity (Wildman–Crippen MR) is 82.7 cm³/mol. The molecule has 0 radical (unpaired) electrons. The van der Waals surface area contributed by atoms with Gasteiger partial charge in [-0.2, -0.15) is 5.10 Å². The van der Waals surface area contributed by atoms with E-state index in [-0.39, 0.29) is 4.90 Å². The van der Waals surface area contributed by atoms with Crippen LogP contribution < -0.4 is 9.46 Å². The van der Waals surface area contributed by atoms with E-state index in [4.69, 9.17) is 4.74 Å². The lowest BCUT2D eigenvalue weighted by atomic mass is 10.3. The lowest BCUT2D eigenvalue weighted by Gasteiger charge is -2.11. The van der Waals surface area contributed by atoms with Crippen molar-refractivity contribution in [3.8, 4) is 5.75 Å². The maximum atomic E-state index is 12.3. The highest BCUT2D eigenvalue weighted by molar-refractivity contribution is 9.10. The smallest absolute Gasteiger partial charge is 0.244 e.